The molecule has 0 aliphatic heterocycles. The second-order valence-corrected chi connectivity index (χ2v) is 6.40. The van der Waals surface area contributed by atoms with E-state index in [9.17, 15) is 0 Å². The first-order valence-electron chi connectivity index (χ1n) is 6.55. The second kappa shape index (κ2) is 5.31. The van der Waals surface area contributed by atoms with E-state index in [0.29, 0.717) is 0 Å². The molecule has 3 heteroatoms. The lowest BCUT2D eigenvalue weighted by atomic mass is 10.0. The minimum Gasteiger partial charge on any atom is -0.497 e. The highest BCUT2D eigenvalue weighted by molar-refractivity contribution is 6.54. The van der Waals surface area contributed by atoms with Crippen molar-refractivity contribution in [3.05, 3.63) is 71.6 Å². The van der Waals surface area contributed by atoms with Crippen LogP contribution in [0.3, 0.4) is 0 Å². The van der Waals surface area contributed by atoms with Crippen LogP contribution in [0.1, 0.15) is 17.0 Å². The minimum absolute atomic E-state index is 0.133. The van der Waals surface area contributed by atoms with E-state index in [-0.39, 0.29) is 5.92 Å². The summed E-state index contributed by atoms with van der Waals surface area (Å²) >= 11 is 12.8. The van der Waals surface area contributed by atoms with Crippen LogP contribution in [0.15, 0.2) is 54.6 Å². The molecule has 0 aromatic heterocycles. The molecule has 0 N–H and O–H groups in total. The number of rotatable bonds is 4. The fourth-order valence-electron chi connectivity index (χ4n) is 2.57. The molecule has 20 heavy (non-hydrogen) atoms. The van der Waals surface area contributed by atoms with Gasteiger partial charge in [-0.25, -0.2) is 0 Å². The van der Waals surface area contributed by atoms with Gasteiger partial charge in [0.05, 0.1) is 7.11 Å². The molecule has 1 atom stereocenters. The molecule has 2 aromatic rings. The number of hydrogen-bond acceptors (Lipinski definition) is 1. The normalized spacial score (nSPS) is 20.6. The largest absolute Gasteiger partial charge is 0.497 e. The Labute approximate surface area is 129 Å². The van der Waals surface area contributed by atoms with Crippen molar-refractivity contribution >= 4 is 23.2 Å². The summed E-state index contributed by atoms with van der Waals surface area (Å²) in [6.45, 7) is 0. The monoisotopic (exact) mass is 305 g/mol. The van der Waals surface area contributed by atoms with E-state index in [4.69, 9.17) is 27.9 Å². The maximum atomic E-state index is 6.42. The summed E-state index contributed by atoms with van der Waals surface area (Å²) in [6.07, 6.45) is 0.802. The van der Waals surface area contributed by atoms with Gasteiger partial charge in [0.15, 0.2) is 0 Å². The van der Waals surface area contributed by atoms with E-state index in [1.807, 2.05) is 30.3 Å². The molecular weight excluding hydrogens is 291 g/mol. The summed E-state index contributed by atoms with van der Waals surface area (Å²) < 4.78 is 4.43. The maximum Gasteiger partial charge on any atom is 0.133 e. The van der Waals surface area contributed by atoms with E-state index in [2.05, 4.69) is 24.3 Å². The van der Waals surface area contributed by atoms with Crippen LogP contribution < -0.4 is 4.74 Å². The number of hydrogen-bond donors (Lipinski definition) is 0. The van der Waals surface area contributed by atoms with Gasteiger partial charge in [0.2, 0.25) is 0 Å². The van der Waals surface area contributed by atoms with Crippen LogP contribution in [0.4, 0.5) is 0 Å². The molecule has 0 bridgehead atoms. The summed E-state index contributed by atoms with van der Waals surface area (Å²) in [5, 5.41) is 0. The standard InChI is InChI=1S/C17H15Cl2O/c1-20-14-9-7-12(8-10-14)11-15-16(17(15,18)19)13-5-3-2-4-6-13/h2-10,16H,11H2,1H3. The molecule has 3 rings (SSSR count). The van der Waals surface area contributed by atoms with Crippen molar-refractivity contribution in [1.82, 2.24) is 0 Å². The van der Waals surface area contributed by atoms with Crippen LogP contribution in [0.5, 0.6) is 5.75 Å². The van der Waals surface area contributed by atoms with Crippen LogP contribution in [0.25, 0.3) is 0 Å². The van der Waals surface area contributed by atoms with Gasteiger partial charge in [0, 0.05) is 11.8 Å². The Morgan fingerprint density at radius 2 is 1.65 bits per heavy atom. The molecule has 1 unspecified atom stereocenters. The van der Waals surface area contributed by atoms with Gasteiger partial charge >= 0.3 is 0 Å². The van der Waals surface area contributed by atoms with Gasteiger partial charge in [-0.15, -0.1) is 23.2 Å². The molecule has 1 nitrogen and oxygen atoms in total. The smallest absolute Gasteiger partial charge is 0.133 e. The lowest BCUT2D eigenvalue weighted by Crippen LogP contribution is -1.93. The van der Waals surface area contributed by atoms with Gasteiger partial charge in [-0.3, -0.25) is 0 Å². The SMILES string of the molecule is COc1ccc(C[C]2C(c3ccccc3)C2(Cl)Cl)cc1. The van der Waals surface area contributed by atoms with Crippen molar-refractivity contribution in [1.29, 1.82) is 0 Å². The number of halogens is 2. The number of ether oxygens (including phenoxy) is 1. The number of alkyl halides is 2. The Hall–Kier alpha value is -1.18. The average molecular weight is 306 g/mol. The Kier molecular flexibility index (Phi) is 3.66. The topological polar surface area (TPSA) is 9.23 Å². The van der Waals surface area contributed by atoms with Crippen molar-refractivity contribution in [2.75, 3.05) is 7.11 Å². The average Bonchev–Trinajstić information content (AvgIpc) is 3.01. The first-order chi connectivity index (χ1) is 9.63. The lowest BCUT2D eigenvalue weighted by molar-refractivity contribution is 0.414. The summed E-state index contributed by atoms with van der Waals surface area (Å²) in [4.78, 5) is 0. The molecule has 0 spiro atoms. The lowest BCUT2D eigenvalue weighted by Gasteiger charge is -2.03. The number of benzene rings is 2. The van der Waals surface area contributed by atoms with Crippen LogP contribution in [-0.4, -0.2) is 11.4 Å². The van der Waals surface area contributed by atoms with Gasteiger partial charge in [0.1, 0.15) is 10.1 Å². The third-order valence-electron chi connectivity index (χ3n) is 3.74. The summed E-state index contributed by atoms with van der Waals surface area (Å²) in [5.74, 6) is 2.16. The van der Waals surface area contributed by atoms with E-state index >= 15 is 0 Å². The number of methoxy groups -OCH3 is 1. The molecule has 1 saturated carbocycles. The van der Waals surface area contributed by atoms with Crippen LogP contribution in [0.2, 0.25) is 0 Å². The molecule has 0 heterocycles. The quantitative estimate of drug-likeness (QED) is 0.738. The van der Waals surface area contributed by atoms with Crippen LogP contribution in [-0.2, 0) is 6.42 Å². The van der Waals surface area contributed by atoms with Gasteiger partial charge in [-0.1, -0.05) is 42.5 Å². The zero-order valence-corrected chi connectivity index (χ0v) is 12.7. The van der Waals surface area contributed by atoms with Crippen molar-refractivity contribution in [3.8, 4) is 5.75 Å². The highest BCUT2D eigenvalue weighted by atomic mass is 35.5. The van der Waals surface area contributed by atoms with Crippen LogP contribution in [0, 0.1) is 5.92 Å². The van der Waals surface area contributed by atoms with Gasteiger partial charge in [-0.05, 0) is 29.7 Å². The van der Waals surface area contributed by atoms with Gasteiger partial charge in [0.25, 0.3) is 0 Å². The molecule has 1 radical (unpaired) electrons. The Balaban J connectivity index is 1.74. The highest BCUT2D eigenvalue weighted by Gasteiger charge is 2.63. The Morgan fingerprint density at radius 3 is 2.25 bits per heavy atom. The summed E-state index contributed by atoms with van der Waals surface area (Å²) in [5.41, 5.74) is 2.38. The van der Waals surface area contributed by atoms with E-state index in [1.54, 1.807) is 7.11 Å². The summed E-state index contributed by atoms with van der Waals surface area (Å²) in [6, 6.07) is 18.2. The molecule has 2 aromatic carbocycles. The predicted octanol–water partition coefficient (Wildman–Crippen LogP) is 4.78. The molecule has 0 amide bonds. The zero-order valence-electron chi connectivity index (χ0n) is 11.1. The van der Waals surface area contributed by atoms with E-state index < -0.39 is 4.33 Å². The zero-order chi connectivity index (χ0) is 14.2. The van der Waals surface area contributed by atoms with Crippen molar-refractivity contribution in [2.45, 2.75) is 16.7 Å². The molecule has 1 fully saturated rings. The Bertz CT molecular complexity index is 578. The van der Waals surface area contributed by atoms with Gasteiger partial charge in [-0.2, -0.15) is 0 Å². The maximum absolute atomic E-state index is 6.42. The fraction of sp³-hybridized carbons (Fsp3) is 0.235. The van der Waals surface area contributed by atoms with Crippen LogP contribution >= 0.6 is 23.2 Å². The van der Waals surface area contributed by atoms with Gasteiger partial charge < -0.3 is 4.74 Å². The second-order valence-electron chi connectivity index (χ2n) is 5.02. The highest BCUT2D eigenvalue weighted by Crippen LogP contribution is 2.67. The van der Waals surface area contributed by atoms with E-state index in [1.165, 1.54) is 11.1 Å². The third-order valence-corrected chi connectivity index (χ3v) is 4.66. The molecule has 0 saturated heterocycles. The van der Waals surface area contributed by atoms with Crippen molar-refractivity contribution < 1.29 is 4.74 Å². The summed E-state index contributed by atoms with van der Waals surface area (Å²) in [7, 11) is 1.67. The third kappa shape index (κ3) is 2.53. The fourth-order valence-corrected chi connectivity index (χ4v) is 3.33. The van der Waals surface area contributed by atoms with Crippen molar-refractivity contribution in [3.63, 3.8) is 0 Å². The molecule has 1 aliphatic carbocycles. The molecule has 1 aliphatic rings. The van der Waals surface area contributed by atoms with Crippen molar-refractivity contribution in [2.24, 2.45) is 0 Å². The first kappa shape index (κ1) is 13.8. The van der Waals surface area contributed by atoms with E-state index in [0.717, 1.165) is 18.1 Å². The Morgan fingerprint density at radius 1 is 1.00 bits per heavy atom. The molecular formula is C17H15Cl2O. The molecule has 103 valence electrons. The predicted molar refractivity (Wildman–Crippen MR) is 83.6 cm³/mol. The first-order valence-corrected chi connectivity index (χ1v) is 7.30. The minimum atomic E-state index is -0.735.